The van der Waals surface area contributed by atoms with E-state index in [1.807, 2.05) is 0 Å². The Morgan fingerprint density at radius 3 is 2.05 bits per heavy atom. The minimum atomic E-state index is -1.76. The van der Waals surface area contributed by atoms with Gasteiger partial charge in [-0.25, -0.2) is 0 Å². The summed E-state index contributed by atoms with van der Waals surface area (Å²) >= 11 is 0. The summed E-state index contributed by atoms with van der Waals surface area (Å²) in [5.41, 5.74) is 23.1. The van der Waals surface area contributed by atoms with Crippen LogP contribution in [0.2, 0.25) is 0 Å². The summed E-state index contributed by atoms with van der Waals surface area (Å²) in [6.45, 7) is -0.898. The lowest BCUT2D eigenvalue weighted by Gasteiger charge is -2.49. The molecule has 2 heterocycles. The number of nitrogens with two attached hydrogens (primary N) is 4. The zero-order valence-electron chi connectivity index (χ0n) is 21.7. The molecule has 3 fully saturated rings. The highest BCUT2D eigenvalue weighted by Gasteiger charge is 2.52. The van der Waals surface area contributed by atoms with Gasteiger partial charge in [-0.05, 0) is 19.4 Å². The maximum atomic E-state index is 12.6. The van der Waals surface area contributed by atoms with Gasteiger partial charge in [-0.2, -0.15) is 0 Å². The average molecular weight is 586 g/mol. The Hall–Kier alpha value is -1.17. The zero-order valence-corrected chi connectivity index (χ0v) is 21.7. The molecule has 17 N–H and O–H groups in total. The van der Waals surface area contributed by atoms with Gasteiger partial charge in [0, 0.05) is 12.6 Å². The predicted octanol–water partition coefficient (Wildman–Crippen LogP) is -8.42. The Morgan fingerprint density at radius 2 is 1.45 bits per heavy atom. The molecule has 2 saturated heterocycles. The van der Waals surface area contributed by atoms with E-state index in [2.05, 4.69) is 5.32 Å². The normalized spacial score (nSPS) is 47.0. The molecule has 0 spiro atoms. The summed E-state index contributed by atoms with van der Waals surface area (Å²) in [5.74, 6) is -0.845. The minimum absolute atomic E-state index is 0.0101. The van der Waals surface area contributed by atoms with Gasteiger partial charge >= 0.3 is 0 Å². The molecule has 0 aromatic rings. The SMILES string of the molecule is NCC[C@H](O)C(=O)N[C@@H]1C[C@H](N)[C@@H](OC2O[C@H](CN)[C@@H](O)[C@H](O)[C@H]2O)[C@H](O)[C@@H]1OC1O[C@H](CO)[C@@H](O)[C@H](N)[C@H]1O. The van der Waals surface area contributed by atoms with Gasteiger partial charge in [0.1, 0.15) is 67.1 Å². The molecule has 0 aromatic heterocycles. The van der Waals surface area contributed by atoms with Crippen molar-refractivity contribution in [2.75, 3.05) is 19.7 Å². The summed E-state index contributed by atoms with van der Waals surface area (Å²) < 4.78 is 22.5. The number of hydrogen-bond donors (Lipinski definition) is 13. The molecular weight excluding hydrogens is 542 g/mol. The molecule has 18 nitrogen and oxygen atoms in total. The fourth-order valence-electron chi connectivity index (χ4n) is 5.07. The first kappa shape index (κ1) is 33.3. The Labute approximate surface area is 229 Å². The number of aliphatic hydroxyl groups is 8. The van der Waals surface area contributed by atoms with E-state index in [0.29, 0.717) is 0 Å². The van der Waals surface area contributed by atoms with Gasteiger partial charge < -0.3 is 88.1 Å². The Morgan fingerprint density at radius 1 is 0.850 bits per heavy atom. The maximum absolute atomic E-state index is 12.6. The quantitative estimate of drug-likeness (QED) is 0.113. The predicted molar refractivity (Wildman–Crippen MR) is 131 cm³/mol. The lowest BCUT2D eigenvalue weighted by Crippen LogP contribution is -2.69. The molecule has 3 aliphatic rings. The fraction of sp³-hybridized carbons (Fsp3) is 0.955. The second-order valence-corrected chi connectivity index (χ2v) is 10.3. The Kier molecular flexibility index (Phi) is 11.9. The Balaban J connectivity index is 1.85. The van der Waals surface area contributed by atoms with Crippen LogP contribution in [-0.4, -0.2) is 164 Å². The summed E-state index contributed by atoms with van der Waals surface area (Å²) in [5, 5.41) is 84.9. The highest BCUT2D eigenvalue weighted by Crippen LogP contribution is 2.32. The average Bonchev–Trinajstić information content (AvgIpc) is 2.92. The van der Waals surface area contributed by atoms with Gasteiger partial charge in [-0.1, -0.05) is 0 Å². The highest BCUT2D eigenvalue weighted by molar-refractivity contribution is 5.80. The van der Waals surface area contributed by atoms with Gasteiger partial charge in [0.05, 0.1) is 18.7 Å². The highest BCUT2D eigenvalue weighted by atomic mass is 16.7. The van der Waals surface area contributed by atoms with E-state index in [1.165, 1.54) is 0 Å². The first-order chi connectivity index (χ1) is 18.9. The molecule has 18 heteroatoms. The third kappa shape index (κ3) is 7.06. The number of aliphatic hydroxyl groups excluding tert-OH is 8. The van der Waals surface area contributed by atoms with Crippen LogP contribution >= 0.6 is 0 Å². The van der Waals surface area contributed by atoms with E-state index in [4.69, 9.17) is 41.9 Å². The summed E-state index contributed by atoms with van der Waals surface area (Å²) in [6.07, 6.45) is -19.8. The molecule has 0 bridgehead atoms. The Bertz CT molecular complexity index is 815. The monoisotopic (exact) mass is 585 g/mol. The number of ether oxygens (including phenoxy) is 4. The third-order valence-electron chi connectivity index (χ3n) is 7.51. The van der Waals surface area contributed by atoms with Crippen molar-refractivity contribution < 1.29 is 64.6 Å². The molecule has 2 aliphatic heterocycles. The summed E-state index contributed by atoms with van der Waals surface area (Å²) in [6, 6.07) is -3.45. The van der Waals surface area contributed by atoms with Crippen molar-refractivity contribution in [3.63, 3.8) is 0 Å². The first-order valence-electron chi connectivity index (χ1n) is 13.1. The van der Waals surface area contributed by atoms with Gasteiger partial charge in [-0.15, -0.1) is 0 Å². The molecule has 234 valence electrons. The van der Waals surface area contributed by atoms with Crippen molar-refractivity contribution in [3.05, 3.63) is 0 Å². The van der Waals surface area contributed by atoms with Gasteiger partial charge in [-0.3, -0.25) is 4.79 Å². The summed E-state index contributed by atoms with van der Waals surface area (Å²) in [4.78, 5) is 12.6. The van der Waals surface area contributed by atoms with Crippen molar-refractivity contribution in [2.45, 2.75) is 111 Å². The van der Waals surface area contributed by atoms with Gasteiger partial charge in [0.15, 0.2) is 12.6 Å². The van der Waals surface area contributed by atoms with E-state index in [-0.39, 0.29) is 25.9 Å². The number of amides is 1. The van der Waals surface area contributed by atoms with Crippen LogP contribution < -0.4 is 28.3 Å². The molecular formula is C22H43N5O13. The van der Waals surface area contributed by atoms with Crippen molar-refractivity contribution in [1.29, 1.82) is 0 Å². The largest absolute Gasteiger partial charge is 0.394 e. The lowest BCUT2D eigenvalue weighted by atomic mass is 9.83. The van der Waals surface area contributed by atoms with E-state index < -0.39 is 110 Å². The van der Waals surface area contributed by atoms with Crippen molar-refractivity contribution in [1.82, 2.24) is 5.32 Å². The van der Waals surface area contributed by atoms with Gasteiger partial charge in [0.25, 0.3) is 0 Å². The zero-order chi connectivity index (χ0) is 29.9. The van der Waals surface area contributed by atoms with E-state index >= 15 is 0 Å². The third-order valence-corrected chi connectivity index (χ3v) is 7.51. The number of nitrogens with one attached hydrogen (secondary N) is 1. The second-order valence-electron chi connectivity index (χ2n) is 10.3. The molecule has 0 radical (unpaired) electrons. The van der Waals surface area contributed by atoms with Crippen LogP contribution in [0.25, 0.3) is 0 Å². The minimum Gasteiger partial charge on any atom is -0.394 e. The number of hydrogen-bond acceptors (Lipinski definition) is 17. The molecule has 16 atom stereocenters. The first-order valence-corrected chi connectivity index (χ1v) is 13.1. The maximum Gasteiger partial charge on any atom is 0.249 e. The van der Waals surface area contributed by atoms with Crippen LogP contribution in [0.4, 0.5) is 0 Å². The lowest BCUT2D eigenvalue weighted by molar-refractivity contribution is -0.332. The molecule has 40 heavy (non-hydrogen) atoms. The molecule has 1 saturated carbocycles. The molecule has 0 aromatic carbocycles. The van der Waals surface area contributed by atoms with Crippen molar-refractivity contribution >= 4 is 5.91 Å². The number of carbonyl (C=O) groups is 1. The number of rotatable bonds is 10. The van der Waals surface area contributed by atoms with Gasteiger partial charge in [0.2, 0.25) is 5.91 Å². The van der Waals surface area contributed by atoms with E-state index in [9.17, 15) is 45.6 Å². The molecule has 1 aliphatic carbocycles. The van der Waals surface area contributed by atoms with Crippen LogP contribution in [0.3, 0.4) is 0 Å². The fourth-order valence-corrected chi connectivity index (χ4v) is 5.07. The van der Waals surface area contributed by atoms with Crippen LogP contribution in [-0.2, 0) is 23.7 Å². The van der Waals surface area contributed by atoms with Crippen LogP contribution in [0.1, 0.15) is 12.8 Å². The van der Waals surface area contributed by atoms with Crippen LogP contribution in [0.5, 0.6) is 0 Å². The van der Waals surface area contributed by atoms with Crippen LogP contribution in [0.15, 0.2) is 0 Å². The van der Waals surface area contributed by atoms with E-state index in [0.717, 1.165) is 0 Å². The molecule has 1 amide bonds. The topological polar surface area (TPSA) is 332 Å². The smallest absolute Gasteiger partial charge is 0.249 e. The van der Waals surface area contributed by atoms with E-state index in [1.54, 1.807) is 0 Å². The molecule has 3 rings (SSSR count). The number of carbonyl (C=O) groups excluding carboxylic acids is 1. The summed E-state index contributed by atoms with van der Waals surface area (Å²) in [7, 11) is 0. The van der Waals surface area contributed by atoms with Crippen molar-refractivity contribution in [3.8, 4) is 0 Å². The standard InChI is InChI=1S/C22H43N5O13/c23-2-1-8(29)20(36)27-7-3-6(25)18(39-22-16(34)15(33)13(31)9(4-24)37-22)17(35)19(7)40-21-14(32)11(26)12(30)10(5-28)38-21/h6-19,21-22,28-35H,1-5,23-26H2,(H,27,36)/t6-,7+,8-,9+,10+,11-,12+,13+,14+,15-,16+,17-,18+,19+,21?,22?/m0/s1. The second kappa shape index (κ2) is 14.3. The molecule has 2 unspecified atom stereocenters. The van der Waals surface area contributed by atoms with Crippen molar-refractivity contribution in [2.24, 2.45) is 22.9 Å². The van der Waals surface area contributed by atoms with Crippen LogP contribution in [0, 0.1) is 0 Å².